The maximum atomic E-state index is 5.31. The molecule has 27 heavy (non-hydrogen) atoms. The van der Waals surface area contributed by atoms with Crippen molar-refractivity contribution in [1.29, 1.82) is 0 Å². The summed E-state index contributed by atoms with van der Waals surface area (Å²) in [5.74, 6) is 3.48. The summed E-state index contributed by atoms with van der Waals surface area (Å²) in [6.45, 7) is 3.14. The van der Waals surface area contributed by atoms with E-state index in [2.05, 4.69) is 26.9 Å². The average Bonchev–Trinajstić information content (AvgIpc) is 3.03. The van der Waals surface area contributed by atoms with Crippen LogP contribution in [0.25, 0.3) is 0 Å². The van der Waals surface area contributed by atoms with Gasteiger partial charge in [-0.1, -0.05) is 31.4 Å². The third kappa shape index (κ3) is 5.45. The van der Waals surface area contributed by atoms with E-state index in [9.17, 15) is 0 Å². The molecule has 7 nitrogen and oxygen atoms in total. The minimum Gasteiger partial charge on any atom is -0.497 e. The van der Waals surface area contributed by atoms with Crippen LogP contribution in [0.5, 0.6) is 5.75 Å². The molecule has 1 heterocycles. The van der Waals surface area contributed by atoms with E-state index in [4.69, 9.17) is 9.73 Å². The van der Waals surface area contributed by atoms with E-state index in [1.54, 1.807) is 7.11 Å². The van der Waals surface area contributed by atoms with Crippen LogP contribution >= 0.6 is 0 Å². The lowest BCUT2D eigenvalue weighted by atomic mass is 9.96. The smallest absolute Gasteiger partial charge is 0.192 e. The van der Waals surface area contributed by atoms with Gasteiger partial charge in [0.2, 0.25) is 0 Å². The summed E-state index contributed by atoms with van der Waals surface area (Å²) < 4.78 is 7.30. The highest BCUT2D eigenvalue weighted by molar-refractivity contribution is 5.80. The predicted octanol–water partition coefficient (Wildman–Crippen LogP) is 2.70. The summed E-state index contributed by atoms with van der Waals surface area (Å²) in [4.78, 5) is 4.80. The Bertz CT molecular complexity index is 764. The van der Waals surface area contributed by atoms with Crippen molar-refractivity contribution in [3.05, 3.63) is 41.5 Å². The van der Waals surface area contributed by atoms with Gasteiger partial charge >= 0.3 is 0 Å². The van der Waals surface area contributed by atoms with E-state index in [0.717, 1.165) is 28.9 Å². The largest absolute Gasteiger partial charge is 0.497 e. The third-order valence-corrected chi connectivity index (χ3v) is 5.10. The van der Waals surface area contributed by atoms with Crippen molar-refractivity contribution < 1.29 is 4.74 Å². The van der Waals surface area contributed by atoms with Gasteiger partial charge in [0.05, 0.1) is 20.2 Å². The SMILES string of the molecule is COc1cccc(CN=C(NCc2nnc(C)n2C)NC2CCCCC2)c1. The molecule has 0 amide bonds. The number of hydrogen-bond donors (Lipinski definition) is 2. The normalized spacial score (nSPS) is 15.6. The molecule has 3 rings (SSSR count). The fraction of sp³-hybridized carbons (Fsp3) is 0.550. The Hall–Kier alpha value is -2.57. The van der Waals surface area contributed by atoms with Crippen molar-refractivity contribution in [1.82, 2.24) is 25.4 Å². The summed E-state index contributed by atoms with van der Waals surface area (Å²) in [6.07, 6.45) is 6.29. The number of methoxy groups -OCH3 is 1. The van der Waals surface area contributed by atoms with E-state index in [0.29, 0.717) is 19.1 Å². The Balaban J connectivity index is 1.68. The molecule has 0 saturated heterocycles. The van der Waals surface area contributed by atoms with Gasteiger partial charge in [0, 0.05) is 13.1 Å². The molecule has 0 aliphatic heterocycles. The maximum absolute atomic E-state index is 5.31. The van der Waals surface area contributed by atoms with E-state index in [1.807, 2.05) is 36.7 Å². The molecule has 2 aromatic rings. The van der Waals surface area contributed by atoms with Crippen LogP contribution in [-0.4, -0.2) is 33.9 Å². The third-order valence-electron chi connectivity index (χ3n) is 5.10. The zero-order valence-corrected chi connectivity index (χ0v) is 16.5. The molecule has 0 unspecified atom stereocenters. The number of nitrogens with one attached hydrogen (secondary N) is 2. The van der Waals surface area contributed by atoms with Crippen LogP contribution < -0.4 is 15.4 Å². The minimum atomic E-state index is 0.483. The quantitative estimate of drug-likeness (QED) is 0.604. The molecule has 1 aromatic heterocycles. The molecule has 1 aliphatic carbocycles. The van der Waals surface area contributed by atoms with Gasteiger partial charge in [0.15, 0.2) is 11.8 Å². The predicted molar refractivity (Wildman–Crippen MR) is 107 cm³/mol. The van der Waals surface area contributed by atoms with Gasteiger partial charge in [0.1, 0.15) is 11.6 Å². The summed E-state index contributed by atoms with van der Waals surface area (Å²) in [7, 11) is 3.66. The highest BCUT2D eigenvalue weighted by atomic mass is 16.5. The van der Waals surface area contributed by atoms with Crippen molar-refractivity contribution in [3.63, 3.8) is 0 Å². The number of ether oxygens (including phenoxy) is 1. The summed E-state index contributed by atoms with van der Waals surface area (Å²) in [6, 6.07) is 8.51. The number of nitrogens with zero attached hydrogens (tertiary/aromatic N) is 4. The molecule has 1 fully saturated rings. The van der Waals surface area contributed by atoms with Crippen LogP contribution in [0.15, 0.2) is 29.3 Å². The van der Waals surface area contributed by atoms with Gasteiger partial charge < -0.3 is 19.9 Å². The molecule has 1 aromatic carbocycles. The van der Waals surface area contributed by atoms with Crippen LogP contribution in [0, 0.1) is 6.92 Å². The van der Waals surface area contributed by atoms with Crippen LogP contribution in [0.3, 0.4) is 0 Å². The van der Waals surface area contributed by atoms with Gasteiger partial charge in [-0.05, 0) is 37.5 Å². The first-order chi connectivity index (χ1) is 13.2. The van der Waals surface area contributed by atoms with Crippen molar-refractivity contribution >= 4 is 5.96 Å². The number of rotatable bonds is 6. The Morgan fingerprint density at radius 3 is 2.78 bits per heavy atom. The number of benzene rings is 1. The van der Waals surface area contributed by atoms with Gasteiger partial charge in [-0.15, -0.1) is 10.2 Å². The summed E-state index contributed by atoms with van der Waals surface area (Å²) in [5.41, 5.74) is 1.12. The van der Waals surface area contributed by atoms with Gasteiger partial charge in [-0.25, -0.2) is 4.99 Å². The molecule has 7 heteroatoms. The lowest BCUT2D eigenvalue weighted by molar-refractivity contribution is 0.409. The zero-order valence-electron chi connectivity index (χ0n) is 16.5. The van der Waals surface area contributed by atoms with Crippen LogP contribution in [0.4, 0.5) is 0 Å². The second-order valence-corrected chi connectivity index (χ2v) is 7.07. The molecule has 0 radical (unpaired) electrons. The Labute approximate surface area is 161 Å². The first-order valence-electron chi connectivity index (χ1n) is 9.68. The second-order valence-electron chi connectivity index (χ2n) is 7.07. The highest BCUT2D eigenvalue weighted by Crippen LogP contribution is 2.17. The first-order valence-corrected chi connectivity index (χ1v) is 9.68. The Kier molecular flexibility index (Phi) is 6.68. The minimum absolute atomic E-state index is 0.483. The fourth-order valence-electron chi connectivity index (χ4n) is 3.30. The lowest BCUT2D eigenvalue weighted by Gasteiger charge is -2.25. The number of hydrogen-bond acceptors (Lipinski definition) is 4. The molecule has 2 N–H and O–H groups in total. The topological polar surface area (TPSA) is 76.4 Å². The zero-order chi connectivity index (χ0) is 19.1. The summed E-state index contributed by atoms with van der Waals surface area (Å²) >= 11 is 0. The Morgan fingerprint density at radius 1 is 1.26 bits per heavy atom. The molecule has 0 atom stereocenters. The number of aryl methyl sites for hydroxylation is 1. The monoisotopic (exact) mass is 370 g/mol. The van der Waals surface area contributed by atoms with Crippen molar-refractivity contribution in [2.75, 3.05) is 7.11 Å². The van der Waals surface area contributed by atoms with Crippen molar-refractivity contribution in [2.45, 2.75) is 58.2 Å². The number of aliphatic imine (C=N–C) groups is 1. The molecular weight excluding hydrogens is 340 g/mol. The lowest BCUT2D eigenvalue weighted by Crippen LogP contribution is -2.44. The van der Waals surface area contributed by atoms with E-state index in [1.165, 1.54) is 32.1 Å². The Morgan fingerprint density at radius 2 is 2.07 bits per heavy atom. The van der Waals surface area contributed by atoms with E-state index < -0.39 is 0 Å². The van der Waals surface area contributed by atoms with Crippen molar-refractivity contribution in [2.24, 2.45) is 12.0 Å². The average molecular weight is 371 g/mol. The van der Waals surface area contributed by atoms with Gasteiger partial charge in [0.25, 0.3) is 0 Å². The molecule has 0 spiro atoms. The van der Waals surface area contributed by atoms with Crippen LogP contribution in [0.2, 0.25) is 0 Å². The van der Waals surface area contributed by atoms with E-state index in [-0.39, 0.29) is 0 Å². The van der Waals surface area contributed by atoms with Gasteiger partial charge in [-0.2, -0.15) is 0 Å². The number of aromatic nitrogens is 3. The first kappa shape index (κ1) is 19.2. The molecule has 1 saturated carbocycles. The molecule has 146 valence electrons. The molecule has 1 aliphatic rings. The van der Waals surface area contributed by atoms with Crippen molar-refractivity contribution in [3.8, 4) is 5.75 Å². The maximum Gasteiger partial charge on any atom is 0.192 e. The number of guanidine groups is 1. The van der Waals surface area contributed by atoms with Crippen LogP contribution in [0.1, 0.15) is 49.3 Å². The van der Waals surface area contributed by atoms with Crippen LogP contribution in [-0.2, 0) is 20.1 Å². The summed E-state index contributed by atoms with van der Waals surface area (Å²) in [5, 5.41) is 15.4. The van der Waals surface area contributed by atoms with E-state index >= 15 is 0 Å². The molecular formula is C20H30N6O. The standard InChI is InChI=1S/C20H30N6O/c1-15-24-25-19(26(15)2)14-22-20(23-17-9-5-4-6-10-17)21-13-16-8-7-11-18(12-16)27-3/h7-8,11-12,17H,4-6,9-10,13-14H2,1-3H3,(H2,21,22,23). The van der Waals surface area contributed by atoms with Gasteiger partial charge in [-0.3, -0.25) is 0 Å². The fourth-order valence-corrected chi connectivity index (χ4v) is 3.30. The molecule has 0 bridgehead atoms. The second kappa shape index (κ2) is 9.39. The highest BCUT2D eigenvalue weighted by Gasteiger charge is 2.15.